The van der Waals surface area contributed by atoms with Crippen LogP contribution in [0.1, 0.15) is 32.6 Å². The lowest BCUT2D eigenvalue weighted by atomic mass is 9.85. The lowest BCUT2D eigenvalue weighted by Crippen LogP contribution is -2.46. The van der Waals surface area contributed by atoms with E-state index < -0.39 is 0 Å². The smallest absolute Gasteiger partial charge is 0.321 e. The van der Waals surface area contributed by atoms with E-state index in [-0.39, 0.29) is 24.3 Å². The molecule has 0 spiro atoms. The van der Waals surface area contributed by atoms with Crippen LogP contribution in [0.3, 0.4) is 0 Å². The molecule has 2 atom stereocenters. The number of nitrogens with zero attached hydrogens (tertiary/aromatic N) is 1. The summed E-state index contributed by atoms with van der Waals surface area (Å²) in [6.45, 7) is 5.68. The van der Waals surface area contributed by atoms with Gasteiger partial charge in [0.25, 0.3) is 0 Å². The predicted octanol–water partition coefficient (Wildman–Crippen LogP) is 2.99. The van der Waals surface area contributed by atoms with Gasteiger partial charge in [-0.1, -0.05) is 13.0 Å². The van der Waals surface area contributed by atoms with Crippen molar-refractivity contribution in [2.45, 2.75) is 32.6 Å². The Morgan fingerprint density at radius 3 is 2.92 bits per heavy atom. The Morgan fingerprint density at radius 1 is 1.35 bits per heavy atom. The summed E-state index contributed by atoms with van der Waals surface area (Å²) < 4.78 is 0. The monoisotopic (exact) mass is 380 g/mol. The van der Waals surface area contributed by atoms with E-state index in [1.807, 2.05) is 24.3 Å². The van der Waals surface area contributed by atoms with Crippen molar-refractivity contribution in [1.82, 2.24) is 10.6 Å². The molecule has 3 amide bonds. The Balaban J connectivity index is 0.00000243. The van der Waals surface area contributed by atoms with Gasteiger partial charge in [-0.05, 0) is 62.4 Å². The van der Waals surface area contributed by atoms with E-state index in [0.717, 1.165) is 37.4 Å². The number of anilines is 2. The van der Waals surface area contributed by atoms with Crippen LogP contribution in [0.5, 0.6) is 0 Å². The number of carbonyl (C=O) groups is 2. The number of hydrogen-bond acceptors (Lipinski definition) is 3. The number of hydrogen-bond donors (Lipinski definition) is 3. The Bertz CT molecular complexity index is 619. The molecule has 0 bridgehead atoms. The molecule has 0 saturated carbocycles. The lowest BCUT2D eigenvalue weighted by Gasteiger charge is -2.28. The summed E-state index contributed by atoms with van der Waals surface area (Å²) in [7, 11) is 0. The molecular weight excluding hydrogens is 352 g/mol. The second-order valence-corrected chi connectivity index (χ2v) is 7.12. The molecule has 26 heavy (non-hydrogen) atoms. The summed E-state index contributed by atoms with van der Waals surface area (Å²) in [6.07, 6.45) is 3.84. The lowest BCUT2D eigenvalue weighted by molar-refractivity contribution is -0.117. The molecule has 0 radical (unpaired) electrons. The van der Waals surface area contributed by atoms with Crippen molar-refractivity contribution in [3.05, 3.63) is 24.3 Å². The highest BCUT2D eigenvalue weighted by Gasteiger charge is 2.22. The first-order valence-corrected chi connectivity index (χ1v) is 9.29. The van der Waals surface area contributed by atoms with Crippen molar-refractivity contribution in [2.75, 3.05) is 36.4 Å². The van der Waals surface area contributed by atoms with Crippen LogP contribution in [-0.2, 0) is 4.79 Å². The molecule has 0 aromatic heterocycles. The van der Waals surface area contributed by atoms with Crippen LogP contribution in [0, 0.1) is 11.8 Å². The fourth-order valence-electron chi connectivity index (χ4n) is 3.66. The van der Waals surface area contributed by atoms with Gasteiger partial charge in [0, 0.05) is 30.9 Å². The van der Waals surface area contributed by atoms with Gasteiger partial charge in [0.05, 0.1) is 0 Å². The largest absolute Gasteiger partial charge is 0.338 e. The molecule has 7 heteroatoms. The third-order valence-electron chi connectivity index (χ3n) is 5.17. The molecule has 144 valence electrons. The number of benzene rings is 1. The van der Waals surface area contributed by atoms with Gasteiger partial charge in [0.15, 0.2) is 0 Å². The van der Waals surface area contributed by atoms with E-state index in [1.54, 1.807) is 4.90 Å². The first-order valence-electron chi connectivity index (χ1n) is 9.29. The Labute approximate surface area is 161 Å². The van der Waals surface area contributed by atoms with Crippen molar-refractivity contribution >= 4 is 35.7 Å². The van der Waals surface area contributed by atoms with E-state index in [4.69, 9.17) is 0 Å². The molecule has 2 aliphatic rings. The molecule has 1 aromatic rings. The highest BCUT2D eigenvalue weighted by molar-refractivity contribution is 5.95. The van der Waals surface area contributed by atoms with Gasteiger partial charge in [-0.15, -0.1) is 12.4 Å². The maximum Gasteiger partial charge on any atom is 0.321 e. The van der Waals surface area contributed by atoms with Crippen LogP contribution < -0.4 is 20.9 Å². The SMILES string of the molecule is CC(CC(=O)Nc1cccc(N2CCCNC2=O)c1)C1CCCNC1.Cl. The molecular formula is C19H29ClN4O2. The number of halogens is 1. The standard InChI is InChI=1S/C19H28N4O2.ClH/c1-14(15-5-3-8-20-13-15)11-18(24)22-16-6-2-7-17(12-16)23-10-4-9-21-19(23)25;/h2,6-7,12,14-15,20H,3-5,8-11,13H2,1H3,(H,21,25)(H,22,24);1H. The fraction of sp³-hybridized carbons (Fsp3) is 0.579. The van der Waals surface area contributed by atoms with E-state index in [0.29, 0.717) is 24.8 Å². The third kappa shape index (κ3) is 5.35. The van der Waals surface area contributed by atoms with Gasteiger partial charge >= 0.3 is 6.03 Å². The van der Waals surface area contributed by atoms with Crippen LogP contribution in [0.4, 0.5) is 16.2 Å². The van der Waals surface area contributed by atoms with Crippen LogP contribution >= 0.6 is 12.4 Å². The Morgan fingerprint density at radius 2 is 2.19 bits per heavy atom. The minimum Gasteiger partial charge on any atom is -0.338 e. The fourth-order valence-corrected chi connectivity index (χ4v) is 3.66. The van der Waals surface area contributed by atoms with Crippen molar-refractivity contribution in [2.24, 2.45) is 11.8 Å². The minimum absolute atomic E-state index is 0. The number of amides is 3. The summed E-state index contributed by atoms with van der Waals surface area (Å²) in [5.41, 5.74) is 1.56. The number of rotatable bonds is 5. The molecule has 1 aromatic carbocycles. The predicted molar refractivity (Wildman–Crippen MR) is 107 cm³/mol. The van der Waals surface area contributed by atoms with E-state index in [2.05, 4.69) is 22.9 Å². The average Bonchev–Trinajstić information content (AvgIpc) is 2.63. The van der Waals surface area contributed by atoms with Gasteiger partial charge < -0.3 is 16.0 Å². The van der Waals surface area contributed by atoms with Crippen LogP contribution in [0.15, 0.2) is 24.3 Å². The van der Waals surface area contributed by atoms with Gasteiger partial charge in [-0.3, -0.25) is 9.69 Å². The Hall–Kier alpha value is -1.79. The second-order valence-electron chi connectivity index (χ2n) is 7.12. The molecule has 3 N–H and O–H groups in total. The Kier molecular flexibility index (Phi) is 7.72. The summed E-state index contributed by atoms with van der Waals surface area (Å²) in [5, 5.41) is 9.25. The zero-order valence-electron chi connectivity index (χ0n) is 15.3. The second kappa shape index (κ2) is 9.78. The first-order chi connectivity index (χ1) is 12.1. The quantitative estimate of drug-likeness (QED) is 0.735. The summed E-state index contributed by atoms with van der Waals surface area (Å²) in [6, 6.07) is 7.44. The highest BCUT2D eigenvalue weighted by Crippen LogP contribution is 2.24. The molecule has 2 heterocycles. The van der Waals surface area contributed by atoms with Crippen LogP contribution in [-0.4, -0.2) is 38.1 Å². The molecule has 2 unspecified atom stereocenters. The third-order valence-corrected chi connectivity index (χ3v) is 5.17. The number of carbonyl (C=O) groups excluding carboxylic acids is 2. The average molecular weight is 381 g/mol. The molecule has 2 aliphatic heterocycles. The van der Waals surface area contributed by atoms with Gasteiger partial charge in [0.2, 0.25) is 5.91 Å². The van der Waals surface area contributed by atoms with Crippen LogP contribution in [0.25, 0.3) is 0 Å². The van der Waals surface area contributed by atoms with E-state index in [1.165, 1.54) is 12.8 Å². The summed E-state index contributed by atoms with van der Waals surface area (Å²) >= 11 is 0. The topological polar surface area (TPSA) is 73.5 Å². The first kappa shape index (κ1) is 20.5. The van der Waals surface area contributed by atoms with Gasteiger partial charge in [-0.2, -0.15) is 0 Å². The number of nitrogens with one attached hydrogen (secondary N) is 3. The van der Waals surface area contributed by atoms with Crippen molar-refractivity contribution in [3.63, 3.8) is 0 Å². The maximum atomic E-state index is 12.4. The van der Waals surface area contributed by atoms with E-state index >= 15 is 0 Å². The molecule has 2 fully saturated rings. The zero-order valence-corrected chi connectivity index (χ0v) is 16.1. The van der Waals surface area contributed by atoms with Crippen molar-refractivity contribution in [3.8, 4) is 0 Å². The van der Waals surface area contributed by atoms with Gasteiger partial charge in [-0.25, -0.2) is 4.79 Å². The molecule has 2 saturated heterocycles. The summed E-state index contributed by atoms with van der Waals surface area (Å²) in [5.74, 6) is 0.977. The minimum atomic E-state index is -0.0758. The number of urea groups is 1. The summed E-state index contributed by atoms with van der Waals surface area (Å²) in [4.78, 5) is 26.1. The molecule has 6 nitrogen and oxygen atoms in total. The van der Waals surface area contributed by atoms with Crippen LogP contribution in [0.2, 0.25) is 0 Å². The van der Waals surface area contributed by atoms with Crippen molar-refractivity contribution < 1.29 is 9.59 Å². The highest BCUT2D eigenvalue weighted by atomic mass is 35.5. The molecule has 0 aliphatic carbocycles. The van der Waals surface area contributed by atoms with Crippen molar-refractivity contribution in [1.29, 1.82) is 0 Å². The molecule has 3 rings (SSSR count). The normalized spacial score (nSPS) is 21.3. The number of piperidine rings is 1. The van der Waals surface area contributed by atoms with Gasteiger partial charge in [0.1, 0.15) is 0 Å². The zero-order chi connectivity index (χ0) is 17.6. The van der Waals surface area contributed by atoms with E-state index in [9.17, 15) is 9.59 Å². The maximum absolute atomic E-state index is 12.4.